The van der Waals surface area contributed by atoms with Crippen molar-refractivity contribution in [3.8, 4) is 5.75 Å². The van der Waals surface area contributed by atoms with Crippen LogP contribution in [0.25, 0.3) is 0 Å². The van der Waals surface area contributed by atoms with E-state index in [1.54, 1.807) is 27.0 Å². The summed E-state index contributed by atoms with van der Waals surface area (Å²) in [4.78, 5) is 15.2. The van der Waals surface area contributed by atoms with Gasteiger partial charge in [0.25, 0.3) is 0 Å². The monoisotopic (exact) mass is 520 g/mol. The highest BCUT2D eigenvalue weighted by Crippen LogP contribution is 2.43. The summed E-state index contributed by atoms with van der Waals surface area (Å²) in [5, 5.41) is 0. The van der Waals surface area contributed by atoms with Crippen LogP contribution in [0.2, 0.25) is 0 Å². The zero-order valence-corrected chi connectivity index (χ0v) is 23.0. The SMILES string of the molecule is CCCCC1CN(c2ccccc2)c2cc(SC)c(OCC(C)(C)C(=O)OC)cc2S(=O)(=O)N1C. The van der Waals surface area contributed by atoms with E-state index in [-0.39, 0.29) is 23.5 Å². The molecule has 1 heterocycles. The zero-order chi connectivity index (χ0) is 25.8. The van der Waals surface area contributed by atoms with Crippen LogP contribution in [0.15, 0.2) is 52.3 Å². The molecule has 2 aromatic rings. The maximum atomic E-state index is 13.8. The van der Waals surface area contributed by atoms with Crippen LogP contribution < -0.4 is 9.64 Å². The van der Waals surface area contributed by atoms with Gasteiger partial charge in [-0.25, -0.2) is 8.42 Å². The molecule has 1 atom stereocenters. The first kappa shape index (κ1) is 27.4. The van der Waals surface area contributed by atoms with Crippen LogP contribution in [0.1, 0.15) is 40.0 Å². The molecule has 0 bridgehead atoms. The molecule has 2 aromatic carbocycles. The van der Waals surface area contributed by atoms with Gasteiger partial charge in [0.05, 0.1) is 23.1 Å². The Kier molecular flexibility index (Phi) is 8.77. The lowest BCUT2D eigenvalue weighted by Gasteiger charge is -2.29. The molecule has 7 nitrogen and oxygen atoms in total. The minimum absolute atomic E-state index is 0.0590. The Hall–Kier alpha value is -2.23. The fraction of sp³-hybridized carbons (Fsp3) is 0.500. The van der Waals surface area contributed by atoms with Gasteiger partial charge in [0.2, 0.25) is 10.0 Å². The fourth-order valence-electron chi connectivity index (χ4n) is 4.15. The molecule has 3 rings (SSSR count). The van der Waals surface area contributed by atoms with E-state index < -0.39 is 15.4 Å². The predicted molar refractivity (Wildman–Crippen MR) is 141 cm³/mol. The fourth-order valence-corrected chi connectivity index (χ4v) is 6.27. The van der Waals surface area contributed by atoms with Gasteiger partial charge in [-0.2, -0.15) is 4.31 Å². The van der Waals surface area contributed by atoms with Crippen LogP contribution in [0.3, 0.4) is 0 Å². The number of rotatable bonds is 9. The van der Waals surface area contributed by atoms with Gasteiger partial charge < -0.3 is 14.4 Å². The number of benzene rings is 2. The number of hydrogen-bond donors (Lipinski definition) is 0. The topological polar surface area (TPSA) is 76.1 Å². The number of hydrogen-bond acceptors (Lipinski definition) is 7. The number of unbranched alkanes of at least 4 members (excludes halogenated alkanes) is 1. The molecule has 0 N–H and O–H groups in total. The van der Waals surface area contributed by atoms with Crippen molar-refractivity contribution in [2.75, 3.05) is 38.5 Å². The molecule has 192 valence electrons. The Morgan fingerprint density at radius 3 is 2.49 bits per heavy atom. The number of nitrogens with zero attached hydrogens (tertiary/aromatic N) is 2. The second kappa shape index (κ2) is 11.2. The number of sulfonamides is 1. The second-order valence-corrected chi connectivity index (χ2v) is 12.2. The van der Waals surface area contributed by atoms with E-state index in [4.69, 9.17) is 9.47 Å². The summed E-state index contributed by atoms with van der Waals surface area (Å²) in [6.07, 6.45) is 4.63. The molecule has 35 heavy (non-hydrogen) atoms. The summed E-state index contributed by atoms with van der Waals surface area (Å²) in [5.74, 6) is 0.0459. The third-order valence-electron chi connectivity index (χ3n) is 6.39. The van der Waals surface area contributed by atoms with Crippen LogP contribution in [-0.2, 0) is 19.6 Å². The van der Waals surface area contributed by atoms with E-state index >= 15 is 0 Å². The third kappa shape index (κ3) is 5.78. The Bertz CT molecular complexity index is 1140. The molecular formula is C26H36N2O5S2. The normalized spacial score (nSPS) is 18.0. The lowest BCUT2D eigenvalue weighted by molar-refractivity contribution is -0.152. The number of anilines is 2. The number of methoxy groups -OCH3 is 1. The number of fused-ring (bicyclic) bond motifs is 1. The highest BCUT2D eigenvalue weighted by Gasteiger charge is 2.38. The third-order valence-corrected chi connectivity index (χ3v) is 9.08. The van der Waals surface area contributed by atoms with Gasteiger partial charge >= 0.3 is 5.97 Å². The van der Waals surface area contributed by atoms with Crippen LogP contribution in [0.5, 0.6) is 5.75 Å². The molecule has 0 saturated carbocycles. The number of ether oxygens (including phenoxy) is 2. The van der Waals surface area contributed by atoms with Crippen molar-refractivity contribution in [2.45, 2.75) is 55.9 Å². The van der Waals surface area contributed by atoms with Crippen molar-refractivity contribution in [1.29, 1.82) is 0 Å². The quantitative estimate of drug-likeness (QED) is 0.327. The molecule has 0 aromatic heterocycles. The van der Waals surface area contributed by atoms with Gasteiger partial charge in [0.1, 0.15) is 17.3 Å². The molecule has 0 saturated heterocycles. The van der Waals surface area contributed by atoms with E-state index in [1.807, 2.05) is 42.7 Å². The summed E-state index contributed by atoms with van der Waals surface area (Å²) < 4.78 is 40.1. The molecule has 0 fully saturated rings. The summed E-state index contributed by atoms with van der Waals surface area (Å²) >= 11 is 1.48. The number of para-hydroxylation sites is 1. The Morgan fingerprint density at radius 1 is 1.20 bits per heavy atom. The smallest absolute Gasteiger partial charge is 0.314 e. The molecule has 9 heteroatoms. The van der Waals surface area contributed by atoms with Gasteiger partial charge in [-0.15, -0.1) is 11.8 Å². The number of thioether (sulfide) groups is 1. The Balaban J connectivity index is 2.15. The lowest BCUT2D eigenvalue weighted by atomic mass is 9.95. The Morgan fingerprint density at radius 2 is 1.89 bits per heavy atom. The van der Waals surface area contributed by atoms with Gasteiger partial charge in [0, 0.05) is 31.4 Å². The summed E-state index contributed by atoms with van der Waals surface area (Å²) in [6.45, 7) is 6.20. The minimum Gasteiger partial charge on any atom is -0.491 e. The first-order valence-corrected chi connectivity index (χ1v) is 14.5. The van der Waals surface area contributed by atoms with E-state index in [0.717, 1.165) is 29.8 Å². The highest BCUT2D eigenvalue weighted by atomic mass is 32.2. The number of esters is 1. The van der Waals surface area contributed by atoms with Crippen molar-refractivity contribution in [2.24, 2.45) is 5.41 Å². The Labute approximate surface area is 213 Å². The molecular weight excluding hydrogens is 484 g/mol. The van der Waals surface area contributed by atoms with E-state index in [9.17, 15) is 13.2 Å². The largest absolute Gasteiger partial charge is 0.491 e. The molecule has 0 aliphatic carbocycles. The van der Waals surface area contributed by atoms with E-state index in [0.29, 0.717) is 18.0 Å². The van der Waals surface area contributed by atoms with Crippen molar-refractivity contribution >= 4 is 39.1 Å². The first-order chi connectivity index (χ1) is 16.6. The molecule has 1 unspecified atom stereocenters. The minimum atomic E-state index is -3.79. The van der Waals surface area contributed by atoms with Crippen LogP contribution in [0.4, 0.5) is 11.4 Å². The van der Waals surface area contributed by atoms with E-state index in [1.165, 1.54) is 23.2 Å². The predicted octanol–water partition coefficient (Wildman–Crippen LogP) is 5.32. The maximum Gasteiger partial charge on any atom is 0.314 e. The van der Waals surface area contributed by atoms with Gasteiger partial charge in [-0.3, -0.25) is 4.79 Å². The van der Waals surface area contributed by atoms with Crippen LogP contribution in [-0.4, -0.2) is 58.3 Å². The number of carbonyl (C=O) groups excluding carboxylic acids is 1. The zero-order valence-electron chi connectivity index (χ0n) is 21.4. The molecule has 0 radical (unpaired) electrons. The van der Waals surface area contributed by atoms with Gasteiger partial charge in [0.15, 0.2) is 0 Å². The number of likely N-dealkylation sites (N-methyl/N-ethyl adjacent to an activating group) is 1. The highest BCUT2D eigenvalue weighted by molar-refractivity contribution is 7.98. The van der Waals surface area contributed by atoms with Crippen molar-refractivity contribution < 1.29 is 22.7 Å². The van der Waals surface area contributed by atoms with Crippen LogP contribution in [0, 0.1) is 5.41 Å². The lowest BCUT2D eigenvalue weighted by Crippen LogP contribution is -2.40. The standard InChI is InChI=1S/C26H36N2O5S2/c1-7-8-12-20-17-28(19-13-10-9-11-14-19)21-15-23(34-6)22(16-24(21)35(30,31)27(20)4)33-18-26(2,3)25(29)32-5/h9-11,13-16,20H,7-8,12,17-18H2,1-6H3. The van der Waals surface area contributed by atoms with Crippen molar-refractivity contribution in [3.05, 3.63) is 42.5 Å². The summed E-state index contributed by atoms with van der Waals surface area (Å²) in [5.41, 5.74) is 0.688. The maximum absolute atomic E-state index is 13.8. The average molecular weight is 521 g/mol. The van der Waals surface area contributed by atoms with Gasteiger partial charge in [-0.05, 0) is 44.7 Å². The van der Waals surface area contributed by atoms with E-state index in [2.05, 4.69) is 11.8 Å². The molecule has 1 aliphatic rings. The van der Waals surface area contributed by atoms with Crippen molar-refractivity contribution in [3.63, 3.8) is 0 Å². The molecule has 0 amide bonds. The molecule has 1 aliphatic heterocycles. The van der Waals surface area contributed by atoms with Crippen molar-refractivity contribution in [1.82, 2.24) is 4.31 Å². The molecule has 0 spiro atoms. The number of carbonyl (C=O) groups is 1. The van der Waals surface area contributed by atoms with Crippen LogP contribution >= 0.6 is 11.8 Å². The summed E-state index contributed by atoms with van der Waals surface area (Å²) in [7, 11) is -0.783. The average Bonchev–Trinajstić information content (AvgIpc) is 2.93. The second-order valence-electron chi connectivity index (χ2n) is 9.40. The van der Waals surface area contributed by atoms with Gasteiger partial charge in [-0.1, -0.05) is 38.0 Å². The summed E-state index contributed by atoms with van der Waals surface area (Å²) in [6, 6.07) is 13.2. The first-order valence-electron chi connectivity index (χ1n) is 11.8.